The van der Waals surface area contributed by atoms with Crippen molar-refractivity contribution in [2.75, 3.05) is 5.32 Å². The summed E-state index contributed by atoms with van der Waals surface area (Å²) in [5.74, 6) is 0.792. The van der Waals surface area contributed by atoms with Gasteiger partial charge in [-0.3, -0.25) is 0 Å². The third kappa shape index (κ3) is 2.77. The maximum absolute atomic E-state index is 4.30. The first-order chi connectivity index (χ1) is 9.42. The van der Waals surface area contributed by atoms with Crippen molar-refractivity contribution in [3.63, 3.8) is 0 Å². The fourth-order valence-corrected chi connectivity index (χ4v) is 1.86. The van der Waals surface area contributed by atoms with Gasteiger partial charge in [0.15, 0.2) is 0 Å². The maximum atomic E-state index is 4.30. The zero-order chi connectivity index (χ0) is 12.9. The average molecular weight is 247 g/mol. The summed E-state index contributed by atoms with van der Waals surface area (Å²) in [6.45, 7) is 0. The molecule has 3 aromatic rings. The van der Waals surface area contributed by atoms with Crippen molar-refractivity contribution < 1.29 is 0 Å². The second-order valence-corrected chi connectivity index (χ2v) is 4.15. The summed E-state index contributed by atoms with van der Waals surface area (Å²) in [4.78, 5) is 8.54. The predicted molar refractivity (Wildman–Crippen MR) is 77.2 cm³/mol. The number of hydrogen-bond acceptors (Lipinski definition) is 3. The molecule has 19 heavy (non-hydrogen) atoms. The lowest BCUT2D eigenvalue weighted by Gasteiger charge is -2.06. The van der Waals surface area contributed by atoms with Crippen molar-refractivity contribution in [1.29, 1.82) is 0 Å². The molecule has 0 fully saturated rings. The predicted octanol–water partition coefficient (Wildman–Crippen LogP) is 3.89. The molecule has 3 heteroatoms. The SMILES string of the molecule is c1ccc(Nc2cc(-c3ccccc3)ncn2)cc1. The zero-order valence-corrected chi connectivity index (χ0v) is 10.3. The van der Waals surface area contributed by atoms with Crippen molar-refractivity contribution >= 4 is 11.5 Å². The Morgan fingerprint density at radius 2 is 1.42 bits per heavy atom. The van der Waals surface area contributed by atoms with E-state index in [1.165, 1.54) is 0 Å². The summed E-state index contributed by atoms with van der Waals surface area (Å²) < 4.78 is 0. The van der Waals surface area contributed by atoms with E-state index in [1.807, 2.05) is 66.7 Å². The van der Waals surface area contributed by atoms with Gasteiger partial charge in [-0.1, -0.05) is 48.5 Å². The van der Waals surface area contributed by atoms with Gasteiger partial charge in [-0.2, -0.15) is 0 Å². The Morgan fingerprint density at radius 1 is 0.737 bits per heavy atom. The van der Waals surface area contributed by atoms with Crippen molar-refractivity contribution in [2.45, 2.75) is 0 Å². The molecule has 0 aliphatic heterocycles. The van der Waals surface area contributed by atoms with E-state index in [0.717, 1.165) is 22.8 Å². The van der Waals surface area contributed by atoms with Gasteiger partial charge in [0.1, 0.15) is 12.1 Å². The van der Waals surface area contributed by atoms with Crippen molar-refractivity contribution in [1.82, 2.24) is 9.97 Å². The Balaban J connectivity index is 1.89. The van der Waals surface area contributed by atoms with Gasteiger partial charge in [0, 0.05) is 17.3 Å². The smallest absolute Gasteiger partial charge is 0.134 e. The molecule has 1 N–H and O–H groups in total. The summed E-state index contributed by atoms with van der Waals surface area (Å²) >= 11 is 0. The number of rotatable bonds is 3. The Bertz CT molecular complexity index is 651. The van der Waals surface area contributed by atoms with E-state index in [4.69, 9.17) is 0 Å². The van der Waals surface area contributed by atoms with Crippen LogP contribution < -0.4 is 5.32 Å². The molecule has 0 saturated carbocycles. The van der Waals surface area contributed by atoms with E-state index < -0.39 is 0 Å². The molecule has 0 aliphatic carbocycles. The molecule has 0 saturated heterocycles. The minimum Gasteiger partial charge on any atom is -0.340 e. The summed E-state index contributed by atoms with van der Waals surface area (Å²) in [7, 11) is 0. The molecule has 0 aliphatic rings. The van der Waals surface area contributed by atoms with Crippen LogP contribution in [0, 0.1) is 0 Å². The molecule has 92 valence electrons. The molecular weight excluding hydrogens is 234 g/mol. The summed E-state index contributed by atoms with van der Waals surface area (Å²) in [5, 5.41) is 3.26. The molecule has 3 rings (SSSR count). The summed E-state index contributed by atoms with van der Waals surface area (Å²) in [6, 6.07) is 22.0. The average Bonchev–Trinajstić information content (AvgIpc) is 2.49. The second kappa shape index (κ2) is 5.31. The molecule has 3 nitrogen and oxygen atoms in total. The van der Waals surface area contributed by atoms with Crippen LogP contribution in [0.2, 0.25) is 0 Å². The quantitative estimate of drug-likeness (QED) is 0.763. The molecule has 0 atom stereocenters. The minimum absolute atomic E-state index is 0.792. The van der Waals surface area contributed by atoms with E-state index in [0.29, 0.717) is 0 Å². The lowest BCUT2D eigenvalue weighted by Crippen LogP contribution is -1.95. The third-order valence-corrected chi connectivity index (χ3v) is 2.78. The highest BCUT2D eigenvalue weighted by Gasteiger charge is 2.01. The van der Waals surface area contributed by atoms with E-state index >= 15 is 0 Å². The number of hydrogen-bond donors (Lipinski definition) is 1. The molecular formula is C16H13N3. The molecule has 0 amide bonds. The largest absolute Gasteiger partial charge is 0.340 e. The highest BCUT2D eigenvalue weighted by Crippen LogP contribution is 2.20. The molecule has 1 heterocycles. The normalized spacial score (nSPS) is 10.1. The molecule has 1 aromatic heterocycles. The maximum Gasteiger partial charge on any atom is 0.134 e. The lowest BCUT2D eigenvalue weighted by atomic mass is 10.1. The van der Waals surface area contributed by atoms with Gasteiger partial charge in [-0.05, 0) is 12.1 Å². The van der Waals surface area contributed by atoms with Crippen LogP contribution in [0.3, 0.4) is 0 Å². The minimum atomic E-state index is 0.792. The van der Waals surface area contributed by atoms with Gasteiger partial charge in [0.2, 0.25) is 0 Å². The van der Waals surface area contributed by atoms with Crippen LogP contribution in [0.4, 0.5) is 11.5 Å². The lowest BCUT2D eigenvalue weighted by molar-refractivity contribution is 1.17. The number of nitrogens with one attached hydrogen (secondary N) is 1. The topological polar surface area (TPSA) is 37.8 Å². The summed E-state index contributed by atoms with van der Waals surface area (Å²) in [6.07, 6.45) is 1.58. The highest BCUT2D eigenvalue weighted by atomic mass is 15.0. The fraction of sp³-hybridized carbons (Fsp3) is 0. The van der Waals surface area contributed by atoms with Gasteiger partial charge in [0.05, 0.1) is 5.69 Å². The first-order valence-electron chi connectivity index (χ1n) is 6.11. The van der Waals surface area contributed by atoms with Crippen LogP contribution >= 0.6 is 0 Å². The standard InChI is InChI=1S/C16H13N3/c1-3-7-13(8-4-1)15-11-16(18-12-17-15)19-14-9-5-2-6-10-14/h1-12H,(H,17,18,19). The van der Waals surface area contributed by atoms with Crippen LogP contribution in [0.1, 0.15) is 0 Å². The Kier molecular flexibility index (Phi) is 3.19. The van der Waals surface area contributed by atoms with Gasteiger partial charge in [-0.15, -0.1) is 0 Å². The number of anilines is 2. The van der Waals surface area contributed by atoms with Crippen LogP contribution in [-0.4, -0.2) is 9.97 Å². The molecule has 2 aromatic carbocycles. The number of benzene rings is 2. The molecule has 0 unspecified atom stereocenters. The van der Waals surface area contributed by atoms with Gasteiger partial charge in [0.25, 0.3) is 0 Å². The number of para-hydroxylation sites is 1. The summed E-state index contributed by atoms with van der Waals surface area (Å²) in [5.41, 5.74) is 3.01. The zero-order valence-electron chi connectivity index (χ0n) is 10.3. The number of aromatic nitrogens is 2. The number of nitrogens with zero attached hydrogens (tertiary/aromatic N) is 2. The van der Waals surface area contributed by atoms with E-state index in [-0.39, 0.29) is 0 Å². The van der Waals surface area contributed by atoms with E-state index in [2.05, 4.69) is 15.3 Å². The van der Waals surface area contributed by atoms with Crippen LogP contribution in [0.15, 0.2) is 73.1 Å². The third-order valence-electron chi connectivity index (χ3n) is 2.78. The first-order valence-corrected chi connectivity index (χ1v) is 6.11. The monoisotopic (exact) mass is 247 g/mol. The van der Waals surface area contributed by atoms with Crippen molar-refractivity contribution in [3.05, 3.63) is 73.1 Å². The first kappa shape index (κ1) is 11.4. The van der Waals surface area contributed by atoms with Gasteiger partial charge < -0.3 is 5.32 Å². The van der Waals surface area contributed by atoms with Crippen LogP contribution in [0.5, 0.6) is 0 Å². The van der Waals surface area contributed by atoms with E-state index in [9.17, 15) is 0 Å². The van der Waals surface area contributed by atoms with Crippen molar-refractivity contribution in [3.8, 4) is 11.3 Å². The van der Waals surface area contributed by atoms with Crippen molar-refractivity contribution in [2.24, 2.45) is 0 Å². The van der Waals surface area contributed by atoms with Crippen LogP contribution in [0.25, 0.3) is 11.3 Å². The second-order valence-electron chi connectivity index (χ2n) is 4.15. The Labute approximate surface area is 112 Å². The fourth-order valence-electron chi connectivity index (χ4n) is 1.86. The molecule has 0 bridgehead atoms. The van der Waals surface area contributed by atoms with Crippen LogP contribution in [-0.2, 0) is 0 Å². The highest BCUT2D eigenvalue weighted by molar-refractivity contribution is 5.64. The van der Waals surface area contributed by atoms with Gasteiger partial charge >= 0.3 is 0 Å². The Hall–Kier alpha value is -2.68. The van der Waals surface area contributed by atoms with E-state index in [1.54, 1.807) is 6.33 Å². The van der Waals surface area contributed by atoms with Gasteiger partial charge in [-0.25, -0.2) is 9.97 Å². The molecule has 0 spiro atoms. The molecule has 0 radical (unpaired) electrons. The Morgan fingerprint density at radius 3 is 2.16 bits per heavy atom.